The van der Waals surface area contributed by atoms with Crippen molar-refractivity contribution in [3.63, 3.8) is 0 Å². The van der Waals surface area contributed by atoms with Gasteiger partial charge in [-0.15, -0.1) is 0 Å². The second-order valence-electron chi connectivity index (χ2n) is 2.73. The van der Waals surface area contributed by atoms with Crippen molar-refractivity contribution in [2.75, 3.05) is 0 Å². The lowest BCUT2D eigenvalue weighted by molar-refractivity contribution is 0.646. The molecule has 0 unspecified atom stereocenters. The number of nitrogens with zero attached hydrogens (tertiary/aromatic N) is 1. The van der Waals surface area contributed by atoms with Gasteiger partial charge < -0.3 is 5.73 Å². The summed E-state index contributed by atoms with van der Waals surface area (Å²) in [5, 5.41) is 0. The Balaban J connectivity index is 2.51. The molecule has 0 spiro atoms. The van der Waals surface area contributed by atoms with Crippen molar-refractivity contribution in [3.05, 3.63) is 30.1 Å². The monoisotopic (exact) mass is 150 g/mol. The third-order valence-corrected chi connectivity index (χ3v) is 1.77. The number of hydrogen-bond acceptors (Lipinski definition) is 2. The highest BCUT2D eigenvalue weighted by Gasteiger charge is 1.99. The fraction of sp³-hybridized carbons (Fsp3) is 0.444. The third-order valence-electron chi connectivity index (χ3n) is 1.77. The number of pyridine rings is 1. The number of nitrogens with two attached hydrogens (primary N) is 1. The molecule has 2 nitrogen and oxygen atoms in total. The highest BCUT2D eigenvalue weighted by Crippen LogP contribution is 2.01. The van der Waals surface area contributed by atoms with Crippen LogP contribution in [0.1, 0.15) is 18.9 Å². The molecule has 1 atom stereocenters. The lowest BCUT2D eigenvalue weighted by atomic mass is 10.1. The predicted molar refractivity (Wildman–Crippen MR) is 46.2 cm³/mol. The average Bonchev–Trinajstić information content (AvgIpc) is 2.06. The minimum absolute atomic E-state index is 0.289. The van der Waals surface area contributed by atoms with Crippen molar-refractivity contribution >= 4 is 0 Å². The summed E-state index contributed by atoms with van der Waals surface area (Å²) in [7, 11) is 0. The molecule has 0 saturated carbocycles. The topological polar surface area (TPSA) is 38.9 Å². The van der Waals surface area contributed by atoms with E-state index in [1.54, 1.807) is 12.4 Å². The van der Waals surface area contributed by atoms with Crippen molar-refractivity contribution < 1.29 is 0 Å². The van der Waals surface area contributed by atoms with Gasteiger partial charge in [-0.05, 0) is 30.5 Å². The molecular weight excluding hydrogens is 136 g/mol. The zero-order valence-electron chi connectivity index (χ0n) is 6.83. The maximum Gasteiger partial charge on any atom is 0.0270 e. The van der Waals surface area contributed by atoms with Gasteiger partial charge in [-0.2, -0.15) is 0 Å². The summed E-state index contributed by atoms with van der Waals surface area (Å²) in [6.07, 6.45) is 5.59. The van der Waals surface area contributed by atoms with E-state index in [9.17, 15) is 0 Å². The van der Waals surface area contributed by atoms with Gasteiger partial charge in [0.1, 0.15) is 0 Å². The summed E-state index contributed by atoms with van der Waals surface area (Å²) in [6.45, 7) is 2.10. The van der Waals surface area contributed by atoms with Crippen molar-refractivity contribution in [1.29, 1.82) is 0 Å². The van der Waals surface area contributed by atoms with Crippen LogP contribution in [0.15, 0.2) is 24.5 Å². The summed E-state index contributed by atoms with van der Waals surface area (Å²) < 4.78 is 0. The minimum atomic E-state index is 0.289. The van der Waals surface area contributed by atoms with Gasteiger partial charge in [0.05, 0.1) is 0 Å². The van der Waals surface area contributed by atoms with Crippen molar-refractivity contribution in [2.24, 2.45) is 5.73 Å². The van der Waals surface area contributed by atoms with E-state index >= 15 is 0 Å². The second kappa shape index (κ2) is 4.09. The van der Waals surface area contributed by atoms with Crippen LogP contribution < -0.4 is 5.73 Å². The quantitative estimate of drug-likeness (QED) is 0.706. The molecule has 0 aromatic carbocycles. The Morgan fingerprint density at radius 1 is 1.45 bits per heavy atom. The Morgan fingerprint density at radius 2 is 2.09 bits per heavy atom. The summed E-state index contributed by atoms with van der Waals surface area (Å²) in [6, 6.07) is 4.31. The normalized spacial score (nSPS) is 12.9. The van der Waals surface area contributed by atoms with Gasteiger partial charge in [-0.1, -0.05) is 6.92 Å². The van der Waals surface area contributed by atoms with Crippen LogP contribution in [-0.2, 0) is 6.42 Å². The van der Waals surface area contributed by atoms with Crippen LogP contribution in [0.2, 0.25) is 0 Å². The summed E-state index contributed by atoms with van der Waals surface area (Å²) >= 11 is 0. The molecule has 0 amide bonds. The zero-order valence-corrected chi connectivity index (χ0v) is 6.83. The molecule has 11 heavy (non-hydrogen) atoms. The standard InChI is InChI=1S/C9H14N2/c1-2-9(10)7-8-3-5-11-6-4-8/h3-6,9H,2,7,10H2,1H3/t9-/m1/s1. The molecule has 0 radical (unpaired) electrons. The number of rotatable bonds is 3. The Hall–Kier alpha value is -0.890. The summed E-state index contributed by atoms with van der Waals surface area (Å²) in [5.74, 6) is 0. The molecule has 1 aromatic heterocycles. The van der Waals surface area contributed by atoms with Crippen LogP contribution in [-0.4, -0.2) is 11.0 Å². The van der Waals surface area contributed by atoms with Gasteiger partial charge >= 0.3 is 0 Å². The van der Waals surface area contributed by atoms with E-state index in [-0.39, 0.29) is 6.04 Å². The molecule has 0 aliphatic heterocycles. The molecule has 2 N–H and O–H groups in total. The predicted octanol–water partition coefficient (Wildman–Crippen LogP) is 1.36. The van der Waals surface area contributed by atoms with Crippen LogP contribution in [0.4, 0.5) is 0 Å². The van der Waals surface area contributed by atoms with E-state index in [4.69, 9.17) is 5.73 Å². The molecule has 60 valence electrons. The average molecular weight is 150 g/mol. The van der Waals surface area contributed by atoms with E-state index in [1.807, 2.05) is 12.1 Å². The Labute approximate surface area is 67.5 Å². The van der Waals surface area contributed by atoms with Gasteiger partial charge in [0.2, 0.25) is 0 Å². The largest absolute Gasteiger partial charge is 0.327 e. The first-order chi connectivity index (χ1) is 5.33. The van der Waals surface area contributed by atoms with Crippen LogP contribution in [0.5, 0.6) is 0 Å². The lowest BCUT2D eigenvalue weighted by Gasteiger charge is -2.06. The van der Waals surface area contributed by atoms with E-state index in [2.05, 4.69) is 11.9 Å². The number of aromatic nitrogens is 1. The summed E-state index contributed by atoms with van der Waals surface area (Å²) in [5.41, 5.74) is 7.06. The molecular formula is C9H14N2. The smallest absolute Gasteiger partial charge is 0.0270 e. The maximum absolute atomic E-state index is 5.78. The molecule has 1 aromatic rings. The molecule has 0 aliphatic carbocycles. The van der Waals surface area contributed by atoms with E-state index in [0.29, 0.717) is 0 Å². The molecule has 1 rings (SSSR count). The maximum atomic E-state index is 5.78. The molecule has 0 fully saturated rings. The lowest BCUT2D eigenvalue weighted by Crippen LogP contribution is -2.21. The van der Waals surface area contributed by atoms with Crippen molar-refractivity contribution in [2.45, 2.75) is 25.8 Å². The van der Waals surface area contributed by atoms with Crippen molar-refractivity contribution in [1.82, 2.24) is 4.98 Å². The van der Waals surface area contributed by atoms with Gasteiger partial charge in [0.15, 0.2) is 0 Å². The Bertz CT molecular complexity index is 196. The molecule has 1 heterocycles. The fourth-order valence-electron chi connectivity index (χ4n) is 0.966. The molecule has 0 aliphatic rings. The first-order valence-electron chi connectivity index (χ1n) is 3.97. The first kappa shape index (κ1) is 8.21. The van der Waals surface area contributed by atoms with E-state index in [1.165, 1.54) is 5.56 Å². The van der Waals surface area contributed by atoms with E-state index in [0.717, 1.165) is 12.8 Å². The van der Waals surface area contributed by atoms with Gasteiger partial charge in [-0.25, -0.2) is 0 Å². The minimum Gasteiger partial charge on any atom is -0.327 e. The molecule has 2 heteroatoms. The highest BCUT2D eigenvalue weighted by atomic mass is 14.6. The second-order valence-corrected chi connectivity index (χ2v) is 2.73. The molecule has 0 bridgehead atoms. The summed E-state index contributed by atoms with van der Waals surface area (Å²) in [4.78, 5) is 3.94. The van der Waals surface area contributed by atoms with Crippen LogP contribution >= 0.6 is 0 Å². The molecule has 0 saturated heterocycles. The third kappa shape index (κ3) is 2.68. The fourth-order valence-corrected chi connectivity index (χ4v) is 0.966. The zero-order chi connectivity index (χ0) is 8.10. The van der Waals surface area contributed by atoms with Gasteiger partial charge in [0.25, 0.3) is 0 Å². The first-order valence-corrected chi connectivity index (χ1v) is 3.97. The SMILES string of the molecule is CC[C@@H](N)Cc1ccncc1. The number of hydrogen-bond donors (Lipinski definition) is 1. The highest BCUT2D eigenvalue weighted by molar-refractivity contribution is 5.10. The van der Waals surface area contributed by atoms with Gasteiger partial charge in [0, 0.05) is 18.4 Å². The van der Waals surface area contributed by atoms with Crippen LogP contribution in [0.3, 0.4) is 0 Å². The van der Waals surface area contributed by atoms with Crippen molar-refractivity contribution in [3.8, 4) is 0 Å². The van der Waals surface area contributed by atoms with Gasteiger partial charge in [-0.3, -0.25) is 4.98 Å². The van der Waals surface area contributed by atoms with Crippen LogP contribution in [0, 0.1) is 0 Å². The van der Waals surface area contributed by atoms with Crippen LogP contribution in [0.25, 0.3) is 0 Å². The van der Waals surface area contributed by atoms with E-state index < -0.39 is 0 Å². The Kier molecular flexibility index (Phi) is 3.05. The Morgan fingerprint density at radius 3 is 2.64 bits per heavy atom.